The lowest BCUT2D eigenvalue weighted by molar-refractivity contribution is 0.392. The molecule has 0 aliphatic heterocycles. The molecule has 1 aromatic rings. The number of rotatable bonds is 3. The summed E-state index contributed by atoms with van der Waals surface area (Å²) in [6.07, 6.45) is 3.81. The molecule has 0 spiro atoms. The van der Waals surface area contributed by atoms with E-state index in [-0.39, 0.29) is 5.82 Å². The van der Waals surface area contributed by atoms with E-state index in [1.54, 1.807) is 7.11 Å². The molecule has 0 saturated carbocycles. The van der Waals surface area contributed by atoms with Crippen molar-refractivity contribution in [2.45, 2.75) is 9.79 Å². The van der Waals surface area contributed by atoms with Crippen molar-refractivity contribution in [3.63, 3.8) is 0 Å². The van der Waals surface area contributed by atoms with Gasteiger partial charge >= 0.3 is 0 Å². The predicted molar refractivity (Wildman–Crippen MR) is 56.5 cm³/mol. The maximum atomic E-state index is 13.0. The summed E-state index contributed by atoms with van der Waals surface area (Å²) < 4.78 is 18.2. The minimum atomic E-state index is -0.213. The molecule has 0 aliphatic rings. The van der Waals surface area contributed by atoms with Crippen LogP contribution in [0.1, 0.15) is 0 Å². The molecule has 0 fully saturated rings. The van der Waals surface area contributed by atoms with Crippen molar-refractivity contribution in [3.05, 3.63) is 17.9 Å². The number of benzene rings is 1. The molecule has 0 saturated heterocycles. The van der Waals surface area contributed by atoms with Gasteiger partial charge in [0.2, 0.25) is 0 Å². The first-order valence-electron chi connectivity index (χ1n) is 3.68. The van der Waals surface area contributed by atoms with E-state index in [1.165, 1.54) is 35.7 Å². The lowest BCUT2D eigenvalue weighted by Crippen LogP contribution is -1.90. The third-order valence-electron chi connectivity index (χ3n) is 1.63. The van der Waals surface area contributed by atoms with Gasteiger partial charge in [-0.25, -0.2) is 4.39 Å². The molecule has 0 amide bonds. The molecule has 0 atom stereocenters. The van der Waals surface area contributed by atoms with Gasteiger partial charge in [-0.1, -0.05) is 0 Å². The van der Waals surface area contributed by atoms with Gasteiger partial charge in [-0.3, -0.25) is 0 Å². The van der Waals surface area contributed by atoms with Crippen LogP contribution in [0.3, 0.4) is 0 Å². The van der Waals surface area contributed by atoms with Gasteiger partial charge in [0.05, 0.1) is 16.9 Å². The van der Waals surface area contributed by atoms with Gasteiger partial charge in [-0.2, -0.15) is 0 Å². The molecule has 1 nitrogen and oxygen atoms in total. The predicted octanol–water partition coefficient (Wildman–Crippen LogP) is 3.28. The summed E-state index contributed by atoms with van der Waals surface area (Å²) in [5, 5.41) is 0. The molecule has 72 valence electrons. The SMILES string of the molecule is COc1c(SC)cc(F)cc1SC. The molecule has 0 aliphatic carbocycles. The first-order chi connectivity index (χ1) is 6.22. The van der Waals surface area contributed by atoms with Crippen LogP contribution in [0.15, 0.2) is 21.9 Å². The molecule has 1 aromatic carbocycles. The monoisotopic (exact) mass is 218 g/mol. The van der Waals surface area contributed by atoms with Crippen molar-refractivity contribution in [3.8, 4) is 5.75 Å². The Morgan fingerprint density at radius 2 is 1.62 bits per heavy atom. The molecular formula is C9H11FOS2. The number of ether oxygens (including phenoxy) is 1. The Balaban J connectivity index is 3.25. The van der Waals surface area contributed by atoms with Crippen LogP contribution in [0, 0.1) is 5.82 Å². The minimum Gasteiger partial charge on any atom is -0.494 e. The minimum absolute atomic E-state index is 0.213. The molecule has 0 heterocycles. The molecule has 0 unspecified atom stereocenters. The van der Waals surface area contributed by atoms with Gasteiger partial charge in [-0.05, 0) is 24.6 Å². The van der Waals surface area contributed by atoms with E-state index < -0.39 is 0 Å². The average molecular weight is 218 g/mol. The zero-order valence-electron chi connectivity index (χ0n) is 7.76. The summed E-state index contributed by atoms with van der Waals surface area (Å²) in [6.45, 7) is 0. The van der Waals surface area contributed by atoms with Crippen LogP contribution in [0.4, 0.5) is 4.39 Å². The normalized spacial score (nSPS) is 10.2. The van der Waals surface area contributed by atoms with Crippen molar-refractivity contribution in [1.82, 2.24) is 0 Å². The van der Waals surface area contributed by atoms with E-state index in [1.807, 2.05) is 12.5 Å². The zero-order valence-corrected chi connectivity index (χ0v) is 9.39. The number of hydrogen-bond donors (Lipinski definition) is 0. The third-order valence-corrected chi connectivity index (χ3v) is 3.12. The maximum Gasteiger partial charge on any atom is 0.146 e. The topological polar surface area (TPSA) is 9.23 Å². The summed E-state index contributed by atoms with van der Waals surface area (Å²) in [5.74, 6) is 0.552. The van der Waals surface area contributed by atoms with Crippen LogP contribution in [0.2, 0.25) is 0 Å². The van der Waals surface area contributed by atoms with E-state index in [0.717, 1.165) is 15.5 Å². The van der Waals surface area contributed by atoms with Gasteiger partial charge in [0.15, 0.2) is 0 Å². The summed E-state index contributed by atoms with van der Waals surface area (Å²) in [7, 11) is 1.60. The Hall–Kier alpha value is -0.350. The Morgan fingerprint density at radius 1 is 1.15 bits per heavy atom. The van der Waals surface area contributed by atoms with Crippen LogP contribution in [-0.2, 0) is 0 Å². The maximum absolute atomic E-state index is 13.0. The highest BCUT2D eigenvalue weighted by Gasteiger charge is 2.09. The van der Waals surface area contributed by atoms with Crippen LogP contribution in [0.25, 0.3) is 0 Å². The summed E-state index contributed by atoms with van der Waals surface area (Å²) in [4.78, 5) is 1.68. The number of hydrogen-bond acceptors (Lipinski definition) is 3. The molecule has 0 N–H and O–H groups in total. The average Bonchev–Trinajstić information content (AvgIpc) is 2.16. The lowest BCUT2D eigenvalue weighted by atomic mass is 10.3. The van der Waals surface area contributed by atoms with Crippen LogP contribution >= 0.6 is 23.5 Å². The highest BCUT2D eigenvalue weighted by molar-refractivity contribution is 7.99. The smallest absolute Gasteiger partial charge is 0.146 e. The number of halogens is 1. The van der Waals surface area contributed by atoms with Gasteiger partial charge in [0.25, 0.3) is 0 Å². The number of methoxy groups -OCH3 is 1. The second-order valence-corrected chi connectivity index (χ2v) is 4.04. The first kappa shape index (κ1) is 10.7. The largest absolute Gasteiger partial charge is 0.494 e. The van der Waals surface area contributed by atoms with Crippen molar-refractivity contribution < 1.29 is 9.13 Å². The van der Waals surface area contributed by atoms with Gasteiger partial charge < -0.3 is 4.74 Å². The van der Waals surface area contributed by atoms with Gasteiger partial charge in [-0.15, -0.1) is 23.5 Å². The molecule has 4 heteroatoms. The van der Waals surface area contributed by atoms with E-state index in [0.29, 0.717) is 0 Å². The standard InChI is InChI=1S/C9H11FOS2/c1-11-9-7(12-2)4-6(10)5-8(9)13-3/h4-5H,1-3H3. The van der Waals surface area contributed by atoms with Crippen molar-refractivity contribution in [2.75, 3.05) is 19.6 Å². The molecule has 13 heavy (non-hydrogen) atoms. The highest BCUT2D eigenvalue weighted by atomic mass is 32.2. The second kappa shape index (κ2) is 4.77. The van der Waals surface area contributed by atoms with E-state index in [9.17, 15) is 4.39 Å². The summed E-state index contributed by atoms with van der Waals surface area (Å²) >= 11 is 2.97. The molecule has 0 radical (unpaired) electrons. The van der Waals surface area contributed by atoms with E-state index in [4.69, 9.17) is 4.74 Å². The van der Waals surface area contributed by atoms with Crippen molar-refractivity contribution in [2.24, 2.45) is 0 Å². The van der Waals surface area contributed by atoms with Gasteiger partial charge in [0.1, 0.15) is 11.6 Å². The third kappa shape index (κ3) is 2.31. The first-order valence-corrected chi connectivity index (χ1v) is 6.13. The van der Waals surface area contributed by atoms with Gasteiger partial charge in [0, 0.05) is 0 Å². The lowest BCUT2D eigenvalue weighted by Gasteiger charge is -2.10. The summed E-state index contributed by atoms with van der Waals surface area (Å²) in [5.41, 5.74) is 0. The molecule has 0 aromatic heterocycles. The van der Waals surface area contributed by atoms with Crippen LogP contribution in [0.5, 0.6) is 5.75 Å². The zero-order chi connectivity index (χ0) is 9.84. The van der Waals surface area contributed by atoms with Crippen LogP contribution < -0.4 is 4.74 Å². The fourth-order valence-electron chi connectivity index (χ4n) is 1.05. The van der Waals surface area contributed by atoms with Crippen molar-refractivity contribution >= 4 is 23.5 Å². The molecular weight excluding hydrogens is 207 g/mol. The summed E-state index contributed by atoms with van der Waals surface area (Å²) in [6, 6.07) is 2.98. The van der Waals surface area contributed by atoms with Crippen LogP contribution in [-0.4, -0.2) is 19.6 Å². The molecule has 1 rings (SSSR count). The Morgan fingerprint density at radius 3 is 1.92 bits per heavy atom. The fraction of sp³-hybridized carbons (Fsp3) is 0.333. The van der Waals surface area contributed by atoms with E-state index in [2.05, 4.69) is 0 Å². The van der Waals surface area contributed by atoms with Crippen molar-refractivity contribution in [1.29, 1.82) is 0 Å². The second-order valence-electron chi connectivity index (χ2n) is 2.34. The highest BCUT2D eigenvalue weighted by Crippen LogP contribution is 2.36. The Kier molecular flexibility index (Phi) is 3.93. The Bertz CT molecular complexity index is 277. The Labute approximate surface area is 86.1 Å². The fourth-order valence-corrected chi connectivity index (χ4v) is 2.33. The molecule has 0 bridgehead atoms. The number of thioether (sulfide) groups is 2. The quantitative estimate of drug-likeness (QED) is 0.721. The van der Waals surface area contributed by atoms with E-state index >= 15 is 0 Å².